The lowest BCUT2D eigenvalue weighted by molar-refractivity contribution is -0.119. The minimum atomic E-state index is -3.71. The van der Waals surface area contributed by atoms with Crippen LogP contribution in [0, 0.1) is 0 Å². The maximum absolute atomic E-state index is 11.9. The number of Topliss-reactive ketones (excluding diaryl/α,β-unsaturated/α-hetero) is 1. The fraction of sp³-hybridized carbons (Fsp3) is 0.600. The van der Waals surface area contributed by atoms with Gasteiger partial charge in [-0.2, -0.15) is 4.72 Å². The van der Waals surface area contributed by atoms with Crippen LogP contribution in [0.4, 0.5) is 0 Å². The van der Waals surface area contributed by atoms with E-state index in [1.54, 1.807) is 11.5 Å². The molecule has 1 aromatic rings. The second kappa shape index (κ2) is 5.42. The van der Waals surface area contributed by atoms with E-state index in [4.69, 9.17) is 0 Å². The van der Waals surface area contributed by atoms with Crippen LogP contribution in [0.5, 0.6) is 0 Å². The molecule has 1 aromatic heterocycles. The van der Waals surface area contributed by atoms with Crippen LogP contribution < -0.4 is 4.72 Å². The number of hydrogen-bond donors (Lipinski definition) is 1. The lowest BCUT2D eigenvalue weighted by Crippen LogP contribution is -2.38. The molecule has 0 spiro atoms. The van der Waals surface area contributed by atoms with Gasteiger partial charge in [0, 0.05) is 19.2 Å². The summed E-state index contributed by atoms with van der Waals surface area (Å²) in [7, 11) is -3.71. The second-order valence-corrected chi connectivity index (χ2v) is 5.37. The number of hydrogen-bond acceptors (Lipinski definition) is 4. The molecule has 0 aliphatic rings. The third-order valence-corrected chi connectivity index (χ3v) is 3.84. The maximum atomic E-state index is 11.9. The molecule has 0 aliphatic carbocycles. The van der Waals surface area contributed by atoms with Crippen molar-refractivity contribution in [3.8, 4) is 0 Å². The quantitative estimate of drug-likeness (QED) is 0.809. The lowest BCUT2D eigenvalue weighted by atomic mass is 10.2. The summed E-state index contributed by atoms with van der Waals surface area (Å²) in [6, 6.07) is -0.725. The molecule has 96 valence electrons. The molecule has 0 saturated carbocycles. The minimum absolute atomic E-state index is 0.0601. The number of aromatic nitrogens is 2. The number of sulfonamides is 1. The molecule has 0 saturated heterocycles. The van der Waals surface area contributed by atoms with Crippen LogP contribution in [0.1, 0.15) is 27.2 Å². The molecule has 1 N–H and O–H groups in total. The van der Waals surface area contributed by atoms with E-state index >= 15 is 0 Å². The molecule has 0 amide bonds. The van der Waals surface area contributed by atoms with E-state index in [0.29, 0.717) is 13.0 Å². The first kappa shape index (κ1) is 13.9. The van der Waals surface area contributed by atoms with Crippen molar-refractivity contribution in [2.24, 2.45) is 0 Å². The highest BCUT2D eigenvalue weighted by molar-refractivity contribution is 7.89. The molecule has 6 nitrogen and oxygen atoms in total. The zero-order chi connectivity index (χ0) is 13.1. The van der Waals surface area contributed by atoms with Gasteiger partial charge in [0.05, 0.1) is 12.4 Å². The summed E-state index contributed by atoms with van der Waals surface area (Å²) in [5.41, 5.74) is 0. The Labute approximate surface area is 101 Å². The highest BCUT2D eigenvalue weighted by Gasteiger charge is 2.22. The van der Waals surface area contributed by atoms with Gasteiger partial charge in [-0.3, -0.25) is 4.79 Å². The predicted molar refractivity (Wildman–Crippen MR) is 63.0 cm³/mol. The number of rotatable bonds is 6. The smallest absolute Gasteiger partial charge is 0.260 e. The lowest BCUT2D eigenvalue weighted by Gasteiger charge is -2.10. The van der Waals surface area contributed by atoms with E-state index in [1.165, 1.54) is 19.4 Å². The molecule has 0 bridgehead atoms. The molecule has 0 aromatic carbocycles. The molecule has 0 radical (unpaired) electrons. The monoisotopic (exact) mass is 259 g/mol. The van der Waals surface area contributed by atoms with Crippen LogP contribution in [0.3, 0.4) is 0 Å². The molecular weight excluding hydrogens is 242 g/mol. The summed E-state index contributed by atoms with van der Waals surface area (Å²) in [4.78, 5) is 15.1. The van der Waals surface area contributed by atoms with Gasteiger partial charge in [-0.25, -0.2) is 13.4 Å². The third-order valence-electron chi connectivity index (χ3n) is 2.41. The second-order valence-electron chi connectivity index (χ2n) is 3.71. The molecule has 0 aliphatic heterocycles. The molecule has 1 heterocycles. The topological polar surface area (TPSA) is 81.1 Å². The standard InChI is InChI=1S/C10H17N3O3S/c1-4-9(14)8(3)12-17(15,16)10-6-13(5-2)7-11-10/h6-8,12H,4-5H2,1-3H3. The zero-order valence-corrected chi connectivity index (χ0v) is 11.0. The summed E-state index contributed by atoms with van der Waals surface area (Å²) in [6.07, 6.45) is 3.18. The third kappa shape index (κ3) is 3.37. The van der Waals surface area contributed by atoms with Crippen molar-refractivity contribution >= 4 is 15.8 Å². The van der Waals surface area contributed by atoms with Crippen LogP contribution >= 0.6 is 0 Å². The summed E-state index contributed by atoms with van der Waals surface area (Å²) in [6.45, 7) is 5.75. The number of aryl methyl sites for hydroxylation is 1. The molecule has 0 fully saturated rings. The van der Waals surface area contributed by atoms with E-state index in [2.05, 4.69) is 9.71 Å². The van der Waals surface area contributed by atoms with E-state index in [9.17, 15) is 13.2 Å². The maximum Gasteiger partial charge on any atom is 0.260 e. The average molecular weight is 259 g/mol. The zero-order valence-electron chi connectivity index (χ0n) is 10.2. The van der Waals surface area contributed by atoms with E-state index in [-0.39, 0.29) is 10.8 Å². The highest BCUT2D eigenvalue weighted by atomic mass is 32.2. The highest BCUT2D eigenvalue weighted by Crippen LogP contribution is 2.06. The summed E-state index contributed by atoms with van der Waals surface area (Å²) in [5, 5.41) is -0.0601. The Morgan fingerprint density at radius 2 is 2.18 bits per heavy atom. The molecule has 7 heteroatoms. The average Bonchev–Trinajstić information content (AvgIpc) is 2.76. The van der Waals surface area contributed by atoms with Gasteiger partial charge in [-0.05, 0) is 13.8 Å². The Bertz CT molecular complexity index is 493. The normalized spacial score (nSPS) is 13.6. The Kier molecular flexibility index (Phi) is 4.41. The Morgan fingerprint density at radius 3 is 2.65 bits per heavy atom. The Morgan fingerprint density at radius 1 is 1.53 bits per heavy atom. The first-order valence-electron chi connectivity index (χ1n) is 5.47. The molecular formula is C10H17N3O3S. The van der Waals surface area contributed by atoms with Crippen molar-refractivity contribution in [1.82, 2.24) is 14.3 Å². The van der Waals surface area contributed by atoms with Crippen molar-refractivity contribution in [2.45, 2.75) is 44.8 Å². The minimum Gasteiger partial charge on any atom is -0.336 e. The van der Waals surface area contributed by atoms with Gasteiger partial charge in [0.15, 0.2) is 5.03 Å². The number of ketones is 1. The van der Waals surface area contributed by atoms with Crippen molar-refractivity contribution in [3.63, 3.8) is 0 Å². The summed E-state index contributed by atoms with van der Waals surface area (Å²) in [5.74, 6) is -0.150. The van der Waals surface area contributed by atoms with E-state index in [1.807, 2.05) is 6.92 Å². The van der Waals surface area contributed by atoms with Gasteiger partial charge in [0.2, 0.25) is 0 Å². The summed E-state index contributed by atoms with van der Waals surface area (Å²) >= 11 is 0. The van der Waals surface area contributed by atoms with Crippen molar-refractivity contribution < 1.29 is 13.2 Å². The molecule has 17 heavy (non-hydrogen) atoms. The van der Waals surface area contributed by atoms with Gasteiger partial charge in [0.25, 0.3) is 10.0 Å². The number of carbonyl (C=O) groups is 1. The molecule has 1 atom stereocenters. The number of nitrogens with one attached hydrogen (secondary N) is 1. The Hall–Kier alpha value is -1.21. The van der Waals surface area contributed by atoms with Crippen LogP contribution in [-0.2, 0) is 21.4 Å². The molecule has 1 unspecified atom stereocenters. The van der Waals surface area contributed by atoms with Crippen LogP contribution in [-0.4, -0.2) is 29.8 Å². The number of imidazole rings is 1. The van der Waals surface area contributed by atoms with Crippen LogP contribution in [0.2, 0.25) is 0 Å². The van der Waals surface area contributed by atoms with Crippen LogP contribution in [0.25, 0.3) is 0 Å². The first-order chi connectivity index (χ1) is 7.90. The SMILES string of the molecule is CCC(=O)C(C)NS(=O)(=O)c1cn(CC)cn1. The predicted octanol–water partition coefficient (Wildman–Crippen LogP) is 0.549. The number of nitrogens with zero attached hydrogens (tertiary/aromatic N) is 2. The summed E-state index contributed by atoms with van der Waals surface area (Å²) < 4.78 is 27.7. The van der Waals surface area contributed by atoms with Gasteiger partial charge in [-0.15, -0.1) is 0 Å². The largest absolute Gasteiger partial charge is 0.336 e. The fourth-order valence-corrected chi connectivity index (χ4v) is 2.49. The molecule has 1 rings (SSSR count). The van der Waals surface area contributed by atoms with E-state index in [0.717, 1.165) is 0 Å². The van der Waals surface area contributed by atoms with Gasteiger partial charge in [-0.1, -0.05) is 6.92 Å². The van der Waals surface area contributed by atoms with Gasteiger partial charge < -0.3 is 4.57 Å². The number of carbonyl (C=O) groups excluding carboxylic acids is 1. The van der Waals surface area contributed by atoms with Crippen LogP contribution in [0.15, 0.2) is 17.6 Å². The van der Waals surface area contributed by atoms with Crippen molar-refractivity contribution in [1.29, 1.82) is 0 Å². The fourth-order valence-electron chi connectivity index (χ4n) is 1.32. The Balaban J connectivity index is 2.85. The first-order valence-corrected chi connectivity index (χ1v) is 6.95. The van der Waals surface area contributed by atoms with Crippen molar-refractivity contribution in [3.05, 3.63) is 12.5 Å². The van der Waals surface area contributed by atoms with Gasteiger partial charge in [0.1, 0.15) is 5.78 Å². The van der Waals surface area contributed by atoms with Gasteiger partial charge >= 0.3 is 0 Å². The van der Waals surface area contributed by atoms with Crippen molar-refractivity contribution in [2.75, 3.05) is 0 Å². The van der Waals surface area contributed by atoms with E-state index < -0.39 is 16.1 Å².